The van der Waals surface area contributed by atoms with Crippen LogP contribution in [0.5, 0.6) is 0 Å². The van der Waals surface area contributed by atoms with Gasteiger partial charge in [-0.1, -0.05) is 6.07 Å². The van der Waals surface area contributed by atoms with Crippen molar-refractivity contribution in [1.29, 1.82) is 0 Å². The number of carbonyl (C=O) groups excluding carboxylic acids is 1. The first-order valence-corrected chi connectivity index (χ1v) is 8.48. The lowest BCUT2D eigenvalue weighted by atomic mass is 10.1. The molecular weight excluding hydrogens is 368 g/mol. The van der Waals surface area contributed by atoms with E-state index in [-0.39, 0.29) is 29.3 Å². The number of benzene rings is 1. The molecule has 1 aliphatic heterocycles. The molecule has 0 radical (unpaired) electrons. The van der Waals surface area contributed by atoms with Crippen molar-refractivity contribution < 1.29 is 9.72 Å². The molecular formula is C17H16N6O5. The fraction of sp³-hybridized carbons (Fsp3) is 0.294. The van der Waals surface area contributed by atoms with Crippen LogP contribution in [0.1, 0.15) is 5.56 Å². The van der Waals surface area contributed by atoms with Crippen molar-refractivity contribution in [2.45, 2.75) is 13.0 Å². The monoisotopic (exact) mass is 384 g/mol. The Hall–Kier alpha value is -3.76. The van der Waals surface area contributed by atoms with Gasteiger partial charge >= 0.3 is 5.69 Å². The van der Waals surface area contributed by atoms with Crippen molar-refractivity contribution in [1.82, 2.24) is 18.7 Å². The summed E-state index contributed by atoms with van der Waals surface area (Å²) in [6.45, 7) is 0.227. The summed E-state index contributed by atoms with van der Waals surface area (Å²) in [5.74, 6) is -0.325. The minimum Gasteiger partial charge on any atom is -0.315 e. The van der Waals surface area contributed by atoms with Gasteiger partial charge in [0.1, 0.15) is 6.54 Å². The number of hydrogen-bond donors (Lipinski definition) is 0. The van der Waals surface area contributed by atoms with Crippen LogP contribution < -0.4 is 16.1 Å². The Labute approximate surface area is 157 Å². The van der Waals surface area contributed by atoms with Crippen LogP contribution in [0.2, 0.25) is 0 Å². The number of amides is 1. The molecule has 11 heteroatoms. The summed E-state index contributed by atoms with van der Waals surface area (Å²) in [6.07, 6.45) is 1.94. The Bertz CT molecular complexity index is 1270. The minimum absolute atomic E-state index is 0.0876. The van der Waals surface area contributed by atoms with E-state index in [1.54, 1.807) is 6.07 Å². The van der Waals surface area contributed by atoms with Gasteiger partial charge in [0.05, 0.1) is 16.9 Å². The SMILES string of the molecule is Cn1c(=O)c2c(ncn2CC(=O)N2CCc3ccc([N+](=O)[O-])cc32)n(C)c1=O. The largest absolute Gasteiger partial charge is 0.332 e. The molecule has 0 unspecified atom stereocenters. The standard InChI is InChI=1S/C17H16N6O5/c1-19-15-14(16(25)20(2)17(19)26)21(9-18-15)8-13(24)22-6-5-10-3-4-11(23(27)28)7-12(10)22/h3-4,7,9H,5-6,8H2,1-2H3. The van der Waals surface area contributed by atoms with E-state index in [9.17, 15) is 24.5 Å². The molecule has 0 saturated carbocycles. The summed E-state index contributed by atoms with van der Waals surface area (Å²) in [5, 5.41) is 11.0. The Kier molecular flexibility index (Phi) is 3.87. The highest BCUT2D eigenvalue weighted by Gasteiger charge is 2.27. The normalized spacial score (nSPS) is 13.1. The van der Waals surface area contributed by atoms with Crippen LogP contribution in [0.25, 0.3) is 11.2 Å². The fourth-order valence-electron chi connectivity index (χ4n) is 3.49. The summed E-state index contributed by atoms with van der Waals surface area (Å²) in [5.41, 5.74) is 0.567. The molecule has 144 valence electrons. The smallest absolute Gasteiger partial charge is 0.315 e. The second kappa shape index (κ2) is 6.15. The van der Waals surface area contributed by atoms with Gasteiger partial charge in [-0.15, -0.1) is 0 Å². The van der Waals surface area contributed by atoms with Crippen LogP contribution in [-0.2, 0) is 31.9 Å². The van der Waals surface area contributed by atoms with E-state index >= 15 is 0 Å². The van der Waals surface area contributed by atoms with Crippen LogP contribution in [0.4, 0.5) is 11.4 Å². The van der Waals surface area contributed by atoms with E-state index in [2.05, 4.69) is 4.98 Å². The highest BCUT2D eigenvalue weighted by atomic mass is 16.6. The van der Waals surface area contributed by atoms with Crippen molar-refractivity contribution in [2.75, 3.05) is 11.4 Å². The predicted molar refractivity (Wildman–Crippen MR) is 99.4 cm³/mol. The van der Waals surface area contributed by atoms with Gasteiger partial charge in [-0.25, -0.2) is 9.78 Å². The molecule has 0 fully saturated rings. The van der Waals surface area contributed by atoms with Gasteiger partial charge in [0, 0.05) is 32.8 Å². The number of non-ortho nitro benzene ring substituents is 1. The zero-order valence-electron chi connectivity index (χ0n) is 15.2. The van der Waals surface area contributed by atoms with Gasteiger partial charge in [-0.2, -0.15) is 0 Å². The van der Waals surface area contributed by atoms with E-state index in [0.29, 0.717) is 18.7 Å². The van der Waals surface area contributed by atoms with Gasteiger partial charge in [-0.3, -0.25) is 28.8 Å². The zero-order valence-corrected chi connectivity index (χ0v) is 15.2. The lowest BCUT2D eigenvalue weighted by molar-refractivity contribution is -0.384. The van der Waals surface area contributed by atoms with Crippen LogP contribution >= 0.6 is 0 Å². The molecule has 0 atom stereocenters. The molecule has 3 aromatic rings. The third-order valence-corrected chi connectivity index (χ3v) is 5.00. The third kappa shape index (κ3) is 2.51. The van der Waals surface area contributed by atoms with Crippen molar-refractivity contribution in [2.24, 2.45) is 14.1 Å². The number of fused-ring (bicyclic) bond motifs is 2. The van der Waals surface area contributed by atoms with E-state index in [4.69, 9.17) is 0 Å². The van der Waals surface area contributed by atoms with Crippen molar-refractivity contribution in [3.8, 4) is 0 Å². The van der Waals surface area contributed by atoms with E-state index in [1.807, 2.05) is 0 Å². The summed E-state index contributed by atoms with van der Waals surface area (Å²) in [6, 6.07) is 4.45. The maximum Gasteiger partial charge on any atom is 0.332 e. The average molecular weight is 384 g/mol. The van der Waals surface area contributed by atoms with Crippen molar-refractivity contribution >= 4 is 28.4 Å². The first kappa shape index (κ1) is 17.6. The summed E-state index contributed by atoms with van der Waals surface area (Å²) in [7, 11) is 2.86. The first-order chi connectivity index (χ1) is 13.3. The number of nitrogens with zero attached hydrogens (tertiary/aromatic N) is 6. The second-order valence-electron chi connectivity index (χ2n) is 6.62. The van der Waals surface area contributed by atoms with Crippen LogP contribution in [0.15, 0.2) is 34.1 Å². The van der Waals surface area contributed by atoms with Gasteiger partial charge in [0.2, 0.25) is 5.91 Å². The predicted octanol–water partition coefficient (Wildman–Crippen LogP) is -0.0688. The van der Waals surface area contributed by atoms with E-state index in [1.165, 1.54) is 46.6 Å². The zero-order chi connectivity index (χ0) is 20.2. The van der Waals surface area contributed by atoms with E-state index in [0.717, 1.165) is 10.1 Å². The molecule has 11 nitrogen and oxygen atoms in total. The number of anilines is 1. The third-order valence-electron chi connectivity index (χ3n) is 5.00. The lowest BCUT2D eigenvalue weighted by Crippen LogP contribution is -2.38. The molecule has 3 heterocycles. The van der Waals surface area contributed by atoms with Gasteiger partial charge < -0.3 is 9.47 Å². The topological polar surface area (TPSA) is 125 Å². The van der Waals surface area contributed by atoms with Crippen LogP contribution in [0.3, 0.4) is 0 Å². The van der Waals surface area contributed by atoms with E-state index < -0.39 is 16.2 Å². The Morgan fingerprint density at radius 3 is 2.71 bits per heavy atom. The first-order valence-electron chi connectivity index (χ1n) is 8.48. The number of carbonyl (C=O) groups is 1. The number of rotatable bonds is 3. The average Bonchev–Trinajstić information content (AvgIpc) is 3.28. The maximum absolute atomic E-state index is 12.9. The number of aromatic nitrogens is 4. The van der Waals surface area contributed by atoms with Crippen LogP contribution in [0, 0.1) is 10.1 Å². The highest BCUT2D eigenvalue weighted by molar-refractivity contribution is 5.96. The number of imidazole rings is 1. The molecule has 1 amide bonds. The molecule has 0 spiro atoms. The maximum atomic E-state index is 12.9. The molecule has 4 rings (SSSR count). The quantitative estimate of drug-likeness (QED) is 0.460. The Balaban J connectivity index is 1.72. The minimum atomic E-state index is -0.541. The second-order valence-corrected chi connectivity index (χ2v) is 6.62. The lowest BCUT2D eigenvalue weighted by Gasteiger charge is -2.17. The number of aryl methyl sites for hydroxylation is 1. The molecule has 1 aromatic carbocycles. The van der Waals surface area contributed by atoms with Gasteiger partial charge in [0.25, 0.3) is 11.2 Å². The Morgan fingerprint density at radius 1 is 1.25 bits per heavy atom. The molecule has 1 aliphatic rings. The van der Waals surface area contributed by atoms with Gasteiger partial charge in [0.15, 0.2) is 11.2 Å². The molecule has 0 N–H and O–H groups in total. The highest BCUT2D eigenvalue weighted by Crippen LogP contribution is 2.31. The van der Waals surface area contributed by atoms with Crippen molar-refractivity contribution in [3.63, 3.8) is 0 Å². The number of nitro benzene ring substituents is 1. The molecule has 0 bridgehead atoms. The fourth-order valence-corrected chi connectivity index (χ4v) is 3.49. The summed E-state index contributed by atoms with van der Waals surface area (Å²) < 4.78 is 3.60. The van der Waals surface area contributed by atoms with Gasteiger partial charge in [-0.05, 0) is 12.0 Å². The number of hydrogen-bond acceptors (Lipinski definition) is 6. The molecule has 28 heavy (non-hydrogen) atoms. The molecule has 0 aliphatic carbocycles. The molecule has 0 saturated heterocycles. The number of nitro groups is 1. The molecule has 2 aromatic heterocycles. The summed E-state index contributed by atoms with van der Waals surface area (Å²) >= 11 is 0. The Morgan fingerprint density at radius 2 is 2.00 bits per heavy atom. The van der Waals surface area contributed by atoms with Crippen molar-refractivity contribution in [3.05, 3.63) is 61.0 Å². The summed E-state index contributed by atoms with van der Waals surface area (Å²) in [4.78, 5) is 53.5. The van der Waals surface area contributed by atoms with Crippen LogP contribution in [-0.4, -0.2) is 36.1 Å².